The number of amides is 2. The van der Waals surface area contributed by atoms with Gasteiger partial charge in [-0.2, -0.15) is 4.98 Å². The van der Waals surface area contributed by atoms with Crippen molar-refractivity contribution in [2.75, 3.05) is 20.1 Å². The Morgan fingerprint density at radius 1 is 1.19 bits per heavy atom. The molecule has 0 bridgehead atoms. The summed E-state index contributed by atoms with van der Waals surface area (Å²) in [6.45, 7) is 2.54. The minimum Gasteiger partial charge on any atom is -0.337 e. The Morgan fingerprint density at radius 3 is 2.72 bits per heavy atom. The molecule has 1 unspecified atom stereocenters. The van der Waals surface area contributed by atoms with Gasteiger partial charge in [-0.3, -0.25) is 9.59 Å². The molecular formula is C24H25ClN4O3. The normalized spacial score (nSPS) is 16.1. The number of aryl methyl sites for hydroxylation is 1. The van der Waals surface area contributed by atoms with Crippen molar-refractivity contribution >= 4 is 23.4 Å². The van der Waals surface area contributed by atoms with E-state index in [-0.39, 0.29) is 24.4 Å². The van der Waals surface area contributed by atoms with E-state index in [4.69, 9.17) is 16.1 Å². The van der Waals surface area contributed by atoms with E-state index in [1.165, 1.54) is 4.90 Å². The SMILES string of the molecule is Cc1ccc(C(=O)N(C)CC(=O)N2CCCCC2c2nc(-c3cccc(Cl)c3)no2)cc1. The summed E-state index contributed by atoms with van der Waals surface area (Å²) < 4.78 is 5.53. The van der Waals surface area contributed by atoms with Gasteiger partial charge in [0.15, 0.2) is 0 Å². The average Bonchev–Trinajstić information content (AvgIpc) is 3.29. The van der Waals surface area contributed by atoms with Crippen LogP contribution in [0.1, 0.15) is 47.1 Å². The van der Waals surface area contributed by atoms with E-state index in [0.717, 1.165) is 30.4 Å². The van der Waals surface area contributed by atoms with Gasteiger partial charge in [0.05, 0.1) is 6.54 Å². The maximum Gasteiger partial charge on any atom is 0.254 e. The monoisotopic (exact) mass is 452 g/mol. The second kappa shape index (κ2) is 9.53. The van der Waals surface area contributed by atoms with Crippen molar-refractivity contribution in [3.63, 3.8) is 0 Å². The number of carbonyl (C=O) groups is 2. The number of likely N-dealkylation sites (N-methyl/N-ethyl adjacent to an activating group) is 1. The third-order valence-corrected chi connectivity index (χ3v) is 5.89. The molecule has 4 rings (SSSR count). The van der Waals surface area contributed by atoms with Gasteiger partial charge in [0.2, 0.25) is 17.6 Å². The number of benzene rings is 2. The van der Waals surface area contributed by atoms with E-state index in [1.54, 1.807) is 36.2 Å². The van der Waals surface area contributed by atoms with Crippen LogP contribution in [0.5, 0.6) is 0 Å². The standard InChI is InChI=1S/C24H25ClN4O3/c1-16-9-11-17(12-10-16)24(31)28(2)15-21(30)29-13-4-3-8-20(29)23-26-22(27-32-23)18-6-5-7-19(25)14-18/h5-7,9-12,14,20H,3-4,8,13,15H2,1-2H3. The molecule has 0 N–H and O–H groups in total. The van der Waals surface area contributed by atoms with Crippen molar-refractivity contribution in [3.8, 4) is 11.4 Å². The van der Waals surface area contributed by atoms with Gasteiger partial charge in [0.25, 0.3) is 5.91 Å². The summed E-state index contributed by atoms with van der Waals surface area (Å²) in [4.78, 5) is 33.6. The van der Waals surface area contributed by atoms with Crippen LogP contribution in [0.4, 0.5) is 0 Å². The Kier molecular flexibility index (Phi) is 6.55. The predicted molar refractivity (Wildman–Crippen MR) is 121 cm³/mol. The largest absolute Gasteiger partial charge is 0.337 e. The van der Waals surface area contributed by atoms with Crippen LogP contribution in [-0.2, 0) is 4.79 Å². The van der Waals surface area contributed by atoms with Crippen LogP contribution in [0.25, 0.3) is 11.4 Å². The number of carbonyl (C=O) groups excluding carboxylic acids is 2. The molecule has 0 spiro atoms. The molecule has 2 amide bonds. The van der Waals surface area contributed by atoms with Gasteiger partial charge in [0.1, 0.15) is 6.04 Å². The minimum absolute atomic E-state index is 0.0154. The molecule has 0 radical (unpaired) electrons. The van der Waals surface area contributed by atoms with Crippen LogP contribution in [0.3, 0.4) is 0 Å². The van der Waals surface area contributed by atoms with E-state index < -0.39 is 0 Å². The lowest BCUT2D eigenvalue weighted by atomic mass is 10.0. The molecule has 2 heterocycles. The van der Waals surface area contributed by atoms with Gasteiger partial charge in [-0.1, -0.05) is 46.6 Å². The van der Waals surface area contributed by atoms with E-state index in [1.807, 2.05) is 31.2 Å². The smallest absolute Gasteiger partial charge is 0.254 e. The quantitative estimate of drug-likeness (QED) is 0.568. The molecule has 32 heavy (non-hydrogen) atoms. The van der Waals surface area contributed by atoms with Crippen molar-refractivity contribution in [1.29, 1.82) is 0 Å². The van der Waals surface area contributed by atoms with Gasteiger partial charge in [-0.25, -0.2) is 0 Å². The van der Waals surface area contributed by atoms with Crippen LogP contribution in [0.2, 0.25) is 5.02 Å². The van der Waals surface area contributed by atoms with Gasteiger partial charge in [-0.05, 0) is 50.5 Å². The Balaban J connectivity index is 1.48. The number of halogens is 1. The van der Waals surface area contributed by atoms with E-state index in [9.17, 15) is 9.59 Å². The van der Waals surface area contributed by atoms with Gasteiger partial charge in [-0.15, -0.1) is 0 Å². The molecule has 8 heteroatoms. The molecule has 1 aliphatic heterocycles. The third-order valence-electron chi connectivity index (χ3n) is 5.65. The van der Waals surface area contributed by atoms with Crippen LogP contribution in [-0.4, -0.2) is 51.9 Å². The van der Waals surface area contributed by atoms with Crippen molar-refractivity contribution in [3.05, 3.63) is 70.6 Å². The van der Waals surface area contributed by atoms with Crippen LogP contribution >= 0.6 is 11.6 Å². The number of aromatic nitrogens is 2. The summed E-state index contributed by atoms with van der Waals surface area (Å²) in [5.41, 5.74) is 2.39. The van der Waals surface area contributed by atoms with Crippen LogP contribution in [0.15, 0.2) is 53.1 Å². The lowest BCUT2D eigenvalue weighted by molar-refractivity contribution is -0.136. The highest BCUT2D eigenvalue weighted by Gasteiger charge is 2.33. The molecule has 1 aromatic heterocycles. The Morgan fingerprint density at radius 2 is 1.97 bits per heavy atom. The van der Waals surface area contributed by atoms with Gasteiger partial charge < -0.3 is 14.3 Å². The lowest BCUT2D eigenvalue weighted by Crippen LogP contribution is -2.44. The topological polar surface area (TPSA) is 79.5 Å². The fraction of sp³-hybridized carbons (Fsp3) is 0.333. The summed E-state index contributed by atoms with van der Waals surface area (Å²) in [7, 11) is 1.64. The number of hydrogen-bond acceptors (Lipinski definition) is 5. The van der Waals surface area contributed by atoms with Gasteiger partial charge >= 0.3 is 0 Å². The molecule has 1 fully saturated rings. The van der Waals surface area contributed by atoms with E-state index >= 15 is 0 Å². The highest BCUT2D eigenvalue weighted by Crippen LogP contribution is 2.31. The zero-order chi connectivity index (χ0) is 22.7. The molecule has 2 aromatic carbocycles. The molecule has 7 nitrogen and oxygen atoms in total. The number of nitrogens with zero attached hydrogens (tertiary/aromatic N) is 4. The van der Waals surface area contributed by atoms with Crippen molar-refractivity contribution in [2.45, 2.75) is 32.2 Å². The van der Waals surface area contributed by atoms with Crippen LogP contribution in [0, 0.1) is 6.92 Å². The Hall–Kier alpha value is -3.19. The Labute approximate surface area is 192 Å². The first-order valence-electron chi connectivity index (χ1n) is 10.6. The lowest BCUT2D eigenvalue weighted by Gasteiger charge is -2.34. The Bertz CT molecular complexity index is 1110. The van der Waals surface area contributed by atoms with E-state index in [0.29, 0.717) is 28.8 Å². The predicted octanol–water partition coefficient (Wildman–Crippen LogP) is 4.52. The molecule has 1 atom stereocenters. The maximum absolute atomic E-state index is 13.1. The number of rotatable bonds is 5. The molecule has 1 saturated heterocycles. The zero-order valence-corrected chi connectivity index (χ0v) is 18.9. The molecular weight excluding hydrogens is 428 g/mol. The first-order chi connectivity index (χ1) is 15.4. The summed E-state index contributed by atoms with van der Waals surface area (Å²) in [5, 5.41) is 4.67. The molecule has 3 aromatic rings. The second-order valence-electron chi connectivity index (χ2n) is 8.09. The second-order valence-corrected chi connectivity index (χ2v) is 8.53. The molecule has 0 aliphatic carbocycles. The summed E-state index contributed by atoms with van der Waals surface area (Å²) in [5.74, 6) is 0.515. The fourth-order valence-electron chi connectivity index (χ4n) is 3.88. The summed E-state index contributed by atoms with van der Waals surface area (Å²) in [6.07, 6.45) is 2.59. The zero-order valence-electron chi connectivity index (χ0n) is 18.1. The fourth-order valence-corrected chi connectivity index (χ4v) is 4.07. The van der Waals surface area contributed by atoms with Crippen LogP contribution < -0.4 is 0 Å². The molecule has 0 saturated carbocycles. The maximum atomic E-state index is 13.1. The van der Waals surface area contributed by atoms with Crippen molar-refractivity contribution in [1.82, 2.24) is 19.9 Å². The van der Waals surface area contributed by atoms with E-state index in [2.05, 4.69) is 10.1 Å². The first kappa shape index (κ1) is 22.0. The minimum atomic E-state index is -0.306. The highest BCUT2D eigenvalue weighted by atomic mass is 35.5. The molecule has 166 valence electrons. The summed E-state index contributed by atoms with van der Waals surface area (Å²) >= 11 is 6.07. The number of likely N-dealkylation sites (tertiary alicyclic amines) is 1. The number of hydrogen-bond donors (Lipinski definition) is 0. The summed E-state index contributed by atoms with van der Waals surface area (Å²) in [6, 6.07) is 14.2. The van der Waals surface area contributed by atoms with Gasteiger partial charge in [0, 0.05) is 29.7 Å². The third kappa shape index (κ3) is 4.83. The number of piperidine rings is 1. The van der Waals surface area contributed by atoms with Crippen molar-refractivity contribution in [2.24, 2.45) is 0 Å². The highest BCUT2D eigenvalue weighted by molar-refractivity contribution is 6.30. The van der Waals surface area contributed by atoms with Crippen molar-refractivity contribution < 1.29 is 14.1 Å². The first-order valence-corrected chi connectivity index (χ1v) is 11.0. The molecule has 1 aliphatic rings. The average molecular weight is 453 g/mol.